The summed E-state index contributed by atoms with van der Waals surface area (Å²) in [6.07, 6.45) is 0. The lowest BCUT2D eigenvalue weighted by molar-refractivity contribution is -0.385. The summed E-state index contributed by atoms with van der Waals surface area (Å²) in [4.78, 5) is 31.6. The summed E-state index contributed by atoms with van der Waals surface area (Å²) in [6.45, 7) is 2.21. The van der Waals surface area contributed by atoms with E-state index in [2.05, 4.69) is 11.0 Å². The third kappa shape index (κ3) is 4.11. The van der Waals surface area contributed by atoms with E-state index < -0.39 is 4.92 Å². The fourth-order valence-corrected chi connectivity index (χ4v) is 3.38. The number of piperazine rings is 1. The molecule has 8 nitrogen and oxygen atoms in total. The molecule has 0 atom stereocenters. The summed E-state index contributed by atoms with van der Waals surface area (Å²) in [5.41, 5.74) is 0.800. The zero-order valence-electron chi connectivity index (χ0n) is 15.7. The molecule has 0 saturated carbocycles. The highest BCUT2D eigenvalue weighted by atomic mass is 16.6. The number of amides is 1. The first-order valence-electron chi connectivity index (χ1n) is 9.36. The van der Waals surface area contributed by atoms with Gasteiger partial charge in [0, 0.05) is 37.6 Å². The number of nitro groups is 1. The molecular formula is C21H20N4O4. The van der Waals surface area contributed by atoms with Crippen molar-refractivity contribution >= 4 is 28.3 Å². The van der Waals surface area contributed by atoms with Crippen molar-refractivity contribution in [2.24, 2.45) is 0 Å². The highest BCUT2D eigenvalue weighted by Gasteiger charge is 2.23. The Labute approximate surface area is 167 Å². The van der Waals surface area contributed by atoms with E-state index in [0.717, 1.165) is 16.7 Å². The van der Waals surface area contributed by atoms with E-state index >= 15 is 0 Å². The topological polar surface area (TPSA) is 88.8 Å². The van der Waals surface area contributed by atoms with Gasteiger partial charge in [-0.1, -0.05) is 30.3 Å². The molecule has 2 heterocycles. The van der Waals surface area contributed by atoms with E-state index in [0.29, 0.717) is 26.2 Å². The molecule has 0 aliphatic carbocycles. The van der Waals surface area contributed by atoms with Crippen LogP contribution in [0.25, 0.3) is 10.9 Å². The molecule has 1 amide bonds. The molecule has 1 aromatic heterocycles. The van der Waals surface area contributed by atoms with Gasteiger partial charge in [-0.2, -0.15) is 0 Å². The van der Waals surface area contributed by atoms with Gasteiger partial charge < -0.3 is 14.5 Å². The fraction of sp³-hybridized carbons (Fsp3) is 0.238. The summed E-state index contributed by atoms with van der Waals surface area (Å²) >= 11 is 0. The molecule has 0 radical (unpaired) electrons. The van der Waals surface area contributed by atoms with Gasteiger partial charge in [0.2, 0.25) is 0 Å². The molecule has 3 aromatic rings. The SMILES string of the molecule is O=C(COc1ccccc1[N+](=O)[O-])N1CCN(c2ccc3ccccc3n2)CC1. The van der Waals surface area contributed by atoms with E-state index in [1.165, 1.54) is 12.1 Å². The van der Waals surface area contributed by atoms with Gasteiger partial charge in [0.05, 0.1) is 10.4 Å². The molecule has 2 aromatic carbocycles. The van der Waals surface area contributed by atoms with Crippen LogP contribution in [0.1, 0.15) is 0 Å². The minimum absolute atomic E-state index is 0.102. The van der Waals surface area contributed by atoms with Crippen LogP contribution >= 0.6 is 0 Å². The monoisotopic (exact) mass is 392 g/mol. The number of nitrogens with zero attached hydrogens (tertiary/aromatic N) is 4. The first-order valence-corrected chi connectivity index (χ1v) is 9.36. The average molecular weight is 392 g/mol. The maximum atomic E-state index is 12.5. The molecule has 29 heavy (non-hydrogen) atoms. The lowest BCUT2D eigenvalue weighted by Gasteiger charge is -2.35. The van der Waals surface area contributed by atoms with Crippen molar-refractivity contribution in [2.45, 2.75) is 0 Å². The van der Waals surface area contributed by atoms with Crippen molar-refractivity contribution < 1.29 is 14.5 Å². The van der Waals surface area contributed by atoms with E-state index in [9.17, 15) is 14.9 Å². The number of rotatable bonds is 5. The van der Waals surface area contributed by atoms with Gasteiger partial charge in [-0.15, -0.1) is 0 Å². The Bertz CT molecular complexity index is 1050. The molecule has 1 aliphatic rings. The van der Waals surface area contributed by atoms with E-state index in [1.807, 2.05) is 30.3 Å². The molecule has 148 valence electrons. The second-order valence-electron chi connectivity index (χ2n) is 6.74. The minimum atomic E-state index is -0.519. The average Bonchev–Trinajstić information content (AvgIpc) is 2.77. The number of hydrogen-bond donors (Lipinski definition) is 0. The van der Waals surface area contributed by atoms with Crippen molar-refractivity contribution in [3.05, 3.63) is 70.8 Å². The Kier molecular flexibility index (Phi) is 5.24. The van der Waals surface area contributed by atoms with Gasteiger partial charge in [-0.25, -0.2) is 4.98 Å². The number of ether oxygens (including phenoxy) is 1. The Morgan fingerprint density at radius 1 is 1.00 bits per heavy atom. The Balaban J connectivity index is 1.34. The summed E-state index contributed by atoms with van der Waals surface area (Å²) in [7, 11) is 0. The smallest absolute Gasteiger partial charge is 0.310 e. The quantitative estimate of drug-likeness (QED) is 0.490. The zero-order chi connectivity index (χ0) is 20.2. The number of nitro benzene ring substituents is 1. The molecule has 1 aliphatic heterocycles. The molecule has 4 rings (SSSR count). The van der Waals surface area contributed by atoms with E-state index in [1.54, 1.807) is 17.0 Å². The molecular weight excluding hydrogens is 372 g/mol. The lowest BCUT2D eigenvalue weighted by Crippen LogP contribution is -2.50. The highest BCUT2D eigenvalue weighted by molar-refractivity contribution is 5.80. The van der Waals surface area contributed by atoms with E-state index in [-0.39, 0.29) is 24.0 Å². The molecule has 1 fully saturated rings. The van der Waals surface area contributed by atoms with Crippen LogP contribution in [-0.4, -0.2) is 53.5 Å². The van der Waals surface area contributed by atoms with Crippen LogP contribution < -0.4 is 9.64 Å². The van der Waals surface area contributed by atoms with Crippen molar-refractivity contribution in [1.29, 1.82) is 0 Å². The minimum Gasteiger partial charge on any atom is -0.477 e. The van der Waals surface area contributed by atoms with Gasteiger partial charge in [-0.05, 0) is 24.3 Å². The van der Waals surface area contributed by atoms with Crippen LogP contribution in [0.3, 0.4) is 0 Å². The second kappa shape index (κ2) is 8.14. The summed E-state index contributed by atoms with van der Waals surface area (Å²) < 4.78 is 5.41. The summed E-state index contributed by atoms with van der Waals surface area (Å²) in [5, 5.41) is 12.1. The van der Waals surface area contributed by atoms with Crippen molar-refractivity contribution in [1.82, 2.24) is 9.88 Å². The number of carbonyl (C=O) groups is 1. The predicted octanol–water partition coefficient (Wildman–Crippen LogP) is 2.87. The molecule has 8 heteroatoms. The lowest BCUT2D eigenvalue weighted by atomic mass is 10.2. The van der Waals surface area contributed by atoms with Gasteiger partial charge >= 0.3 is 5.69 Å². The maximum Gasteiger partial charge on any atom is 0.310 e. The first kappa shape index (κ1) is 18.7. The fourth-order valence-electron chi connectivity index (χ4n) is 3.38. The Morgan fingerprint density at radius 3 is 2.52 bits per heavy atom. The van der Waals surface area contributed by atoms with Crippen LogP contribution in [0, 0.1) is 10.1 Å². The van der Waals surface area contributed by atoms with Crippen LogP contribution in [0.5, 0.6) is 5.75 Å². The molecule has 0 bridgehead atoms. The molecule has 0 unspecified atom stereocenters. The van der Waals surface area contributed by atoms with Gasteiger partial charge in [0.25, 0.3) is 5.91 Å². The van der Waals surface area contributed by atoms with Crippen molar-refractivity contribution in [3.8, 4) is 5.75 Å². The number of anilines is 1. The first-order chi connectivity index (χ1) is 14.1. The third-order valence-electron chi connectivity index (χ3n) is 4.95. The van der Waals surface area contributed by atoms with Crippen LogP contribution in [0.4, 0.5) is 11.5 Å². The predicted molar refractivity (Wildman–Crippen MR) is 109 cm³/mol. The number of hydrogen-bond acceptors (Lipinski definition) is 6. The number of carbonyl (C=O) groups excluding carboxylic acids is 1. The number of fused-ring (bicyclic) bond motifs is 1. The number of para-hydroxylation sites is 3. The molecule has 0 spiro atoms. The summed E-state index contributed by atoms with van der Waals surface area (Å²) in [5.74, 6) is 0.811. The van der Waals surface area contributed by atoms with Gasteiger partial charge in [0.15, 0.2) is 12.4 Å². The highest BCUT2D eigenvalue weighted by Crippen LogP contribution is 2.26. The Hall–Kier alpha value is -3.68. The van der Waals surface area contributed by atoms with Crippen molar-refractivity contribution in [3.63, 3.8) is 0 Å². The largest absolute Gasteiger partial charge is 0.477 e. The number of benzene rings is 2. The standard InChI is InChI=1S/C21H20N4O4/c26-21(15-29-19-8-4-3-7-18(19)25(27)28)24-13-11-23(12-14-24)20-10-9-16-5-1-2-6-17(16)22-20/h1-10H,11-15H2. The maximum absolute atomic E-state index is 12.5. The number of pyridine rings is 1. The van der Waals surface area contributed by atoms with Gasteiger partial charge in [0.1, 0.15) is 5.82 Å². The van der Waals surface area contributed by atoms with Crippen LogP contribution in [0.2, 0.25) is 0 Å². The Morgan fingerprint density at radius 2 is 1.72 bits per heavy atom. The zero-order valence-corrected chi connectivity index (χ0v) is 15.7. The van der Waals surface area contributed by atoms with Crippen LogP contribution in [0.15, 0.2) is 60.7 Å². The van der Waals surface area contributed by atoms with Gasteiger partial charge in [-0.3, -0.25) is 14.9 Å². The van der Waals surface area contributed by atoms with Crippen LogP contribution in [-0.2, 0) is 4.79 Å². The normalized spacial score (nSPS) is 14.1. The van der Waals surface area contributed by atoms with E-state index in [4.69, 9.17) is 9.72 Å². The number of aromatic nitrogens is 1. The summed E-state index contributed by atoms with van der Waals surface area (Å²) in [6, 6.07) is 18.1. The third-order valence-corrected chi connectivity index (χ3v) is 4.95. The molecule has 0 N–H and O–H groups in total. The van der Waals surface area contributed by atoms with Crippen molar-refractivity contribution in [2.75, 3.05) is 37.7 Å². The molecule has 1 saturated heterocycles. The second-order valence-corrected chi connectivity index (χ2v) is 6.74.